The third-order valence-corrected chi connectivity index (χ3v) is 5.02. The van der Waals surface area contributed by atoms with Gasteiger partial charge in [-0.25, -0.2) is 4.98 Å². The zero-order valence-electron chi connectivity index (χ0n) is 16.9. The lowest BCUT2D eigenvalue weighted by molar-refractivity contribution is 0.218. The predicted molar refractivity (Wildman–Crippen MR) is 116 cm³/mol. The normalized spacial score (nSPS) is 11.6. The predicted octanol–water partition coefficient (Wildman–Crippen LogP) is 4.86. The van der Waals surface area contributed by atoms with Crippen molar-refractivity contribution < 1.29 is 5.11 Å². The highest BCUT2D eigenvalue weighted by Gasteiger charge is 2.19. The quantitative estimate of drug-likeness (QED) is 0.572. The summed E-state index contributed by atoms with van der Waals surface area (Å²) in [5, 5.41) is 12.7. The Bertz CT molecular complexity index is 932. The van der Waals surface area contributed by atoms with Crippen molar-refractivity contribution in [3.63, 3.8) is 0 Å². The molecule has 0 amide bonds. The lowest BCUT2D eigenvalue weighted by Gasteiger charge is -2.22. The maximum Gasteiger partial charge on any atom is 0.229 e. The highest BCUT2D eigenvalue weighted by Crippen LogP contribution is 2.29. The zero-order valence-corrected chi connectivity index (χ0v) is 16.9. The van der Waals surface area contributed by atoms with Gasteiger partial charge in [-0.05, 0) is 34.7 Å². The van der Waals surface area contributed by atoms with Crippen molar-refractivity contribution in [3.8, 4) is 11.1 Å². The van der Waals surface area contributed by atoms with Crippen LogP contribution in [0.5, 0.6) is 0 Å². The van der Waals surface area contributed by atoms with E-state index in [1.165, 1.54) is 5.56 Å². The number of hydrogen-bond acceptors (Lipinski definition) is 5. The number of aliphatic hydroxyl groups excluding tert-OH is 1. The molecule has 0 atom stereocenters. The van der Waals surface area contributed by atoms with Gasteiger partial charge in [0.05, 0.1) is 6.61 Å². The van der Waals surface area contributed by atoms with Crippen LogP contribution in [0.2, 0.25) is 0 Å². The Morgan fingerprint density at radius 3 is 2.21 bits per heavy atom. The van der Waals surface area contributed by atoms with Crippen LogP contribution in [-0.4, -0.2) is 21.7 Å². The summed E-state index contributed by atoms with van der Waals surface area (Å²) in [6.45, 7) is 8.45. The molecule has 28 heavy (non-hydrogen) atoms. The SMILES string of the molecule is CC(C)c1ccc(Nc2ncc(-c3ccc(C(C)(C)CO)cc3)c(N)n2)cc1. The Balaban J connectivity index is 1.78. The first-order valence-corrected chi connectivity index (χ1v) is 9.51. The molecule has 2 aromatic carbocycles. The number of hydrogen-bond donors (Lipinski definition) is 3. The number of aromatic nitrogens is 2. The minimum Gasteiger partial charge on any atom is -0.395 e. The van der Waals surface area contributed by atoms with Crippen LogP contribution in [0.15, 0.2) is 54.7 Å². The van der Waals surface area contributed by atoms with E-state index >= 15 is 0 Å². The second-order valence-corrected chi connectivity index (χ2v) is 8.01. The van der Waals surface area contributed by atoms with Gasteiger partial charge in [-0.3, -0.25) is 0 Å². The van der Waals surface area contributed by atoms with E-state index in [1.54, 1.807) is 6.20 Å². The molecule has 0 aliphatic rings. The largest absolute Gasteiger partial charge is 0.395 e. The van der Waals surface area contributed by atoms with Crippen LogP contribution >= 0.6 is 0 Å². The van der Waals surface area contributed by atoms with E-state index in [9.17, 15) is 5.11 Å². The smallest absolute Gasteiger partial charge is 0.229 e. The van der Waals surface area contributed by atoms with Gasteiger partial charge in [-0.2, -0.15) is 4.98 Å². The van der Waals surface area contributed by atoms with Gasteiger partial charge >= 0.3 is 0 Å². The van der Waals surface area contributed by atoms with Gasteiger partial charge in [0.15, 0.2) is 0 Å². The fourth-order valence-electron chi connectivity index (χ4n) is 2.95. The lowest BCUT2D eigenvalue weighted by atomic mass is 9.85. The first kappa shape index (κ1) is 19.8. The van der Waals surface area contributed by atoms with Crippen molar-refractivity contribution in [1.82, 2.24) is 9.97 Å². The maximum atomic E-state index is 9.52. The summed E-state index contributed by atoms with van der Waals surface area (Å²) in [4.78, 5) is 8.82. The molecule has 0 saturated carbocycles. The molecule has 0 aliphatic heterocycles. The summed E-state index contributed by atoms with van der Waals surface area (Å²) in [6.07, 6.45) is 1.74. The van der Waals surface area contributed by atoms with E-state index in [-0.39, 0.29) is 12.0 Å². The van der Waals surface area contributed by atoms with Crippen molar-refractivity contribution in [2.24, 2.45) is 0 Å². The van der Waals surface area contributed by atoms with Gasteiger partial charge in [0.1, 0.15) is 5.82 Å². The molecular formula is C23H28N4O. The minimum absolute atomic E-state index is 0.0934. The molecule has 0 fully saturated rings. The van der Waals surface area contributed by atoms with E-state index in [0.29, 0.717) is 17.7 Å². The molecule has 0 bridgehead atoms. The number of aliphatic hydroxyl groups is 1. The molecule has 4 N–H and O–H groups in total. The second-order valence-electron chi connectivity index (χ2n) is 8.01. The number of nitrogens with two attached hydrogens (primary N) is 1. The van der Waals surface area contributed by atoms with Gasteiger partial charge in [0, 0.05) is 22.9 Å². The van der Waals surface area contributed by atoms with Gasteiger partial charge in [-0.1, -0.05) is 64.1 Å². The molecule has 0 unspecified atom stereocenters. The molecule has 3 aromatic rings. The summed E-state index contributed by atoms with van der Waals surface area (Å²) in [5.41, 5.74) is 10.9. The second kappa shape index (κ2) is 7.98. The van der Waals surface area contributed by atoms with Crippen molar-refractivity contribution >= 4 is 17.5 Å². The van der Waals surface area contributed by atoms with Crippen LogP contribution in [0.4, 0.5) is 17.5 Å². The Labute approximate surface area is 166 Å². The molecule has 146 valence electrons. The fourth-order valence-corrected chi connectivity index (χ4v) is 2.95. The van der Waals surface area contributed by atoms with E-state index in [1.807, 2.05) is 50.2 Å². The summed E-state index contributed by atoms with van der Waals surface area (Å²) < 4.78 is 0. The van der Waals surface area contributed by atoms with Crippen LogP contribution in [-0.2, 0) is 5.41 Å². The van der Waals surface area contributed by atoms with E-state index in [2.05, 4.69) is 41.3 Å². The van der Waals surface area contributed by atoms with Crippen LogP contribution in [0.1, 0.15) is 44.7 Å². The molecule has 0 radical (unpaired) electrons. The minimum atomic E-state index is -0.278. The van der Waals surface area contributed by atoms with Gasteiger partial charge < -0.3 is 16.2 Å². The van der Waals surface area contributed by atoms with Crippen molar-refractivity contribution in [1.29, 1.82) is 0 Å². The molecule has 1 aromatic heterocycles. The van der Waals surface area contributed by atoms with E-state index < -0.39 is 0 Å². The summed E-state index contributed by atoms with van der Waals surface area (Å²) in [7, 11) is 0. The number of nitrogens with zero attached hydrogens (tertiary/aromatic N) is 2. The number of anilines is 3. The van der Waals surface area contributed by atoms with Gasteiger partial charge in [0.2, 0.25) is 5.95 Å². The molecule has 1 heterocycles. The van der Waals surface area contributed by atoms with Crippen LogP contribution in [0.25, 0.3) is 11.1 Å². The Hall–Kier alpha value is -2.92. The van der Waals surface area contributed by atoms with Crippen molar-refractivity contribution in [3.05, 3.63) is 65.9 Å². The van der Waals surface area contributed by atoms with Crippen molar-refractivity contribution in [2.75, 3.05) is 17.7 Å². The Morgan fingerprint density at radius 2 is 1.68 bits per heavy atom. The molecule has 0 saturated heterocycles. The first-order chi connectivity index (χ1) is 13.3. The Morgan fingerprint density at radius 1 is 1.04 bits per heavy atom. The lowest BCUT2D eigenvalue weighted by Crippen LogP contribution is -2.21. The van der Waals surface area contributed by atoms with Crippen LogP contribution < -0.4 is 11.1 Å². The van der Waals surface area contributed by atoms with Crippen LogP contribution in [0.3, 0.4) is 0 Å². The van der Waals surface area contributed by atoms with E-state index in [0.717, 1.165) is 22.4 Å². The van der Waals surface area contributed by atoms with Gasteiger partial charge in [0.25, 0.3) is 0 Å². The third-order valence-electron chi connectivity index (χ3n) is 5.02. The molecular weight excluding hydrogens is 348 g/mol. The molecule has 0 spiro atoms. The van der Waals surface area contributed by atoms with Gasteiger partial charge in [-0.15, -0.1) is 0 Å². The monoisotopic (exact) mass is 376 g/mol. The summed E-state index contributed by atoms with van der Waals surface area (Å²) in [6, 6.07) is 16.2. The van der Waals surface area contributed by atoms with Crippen LogP contribution in [0, 0.1) is 0 Å². The zero-order chi connectivity index (χ0) is 20.3. The van der Waals surface area contributed by atoms with E-state index in [4.69, 9.17) is 5.73 Å². The van der Waals surface area contributed by atoms with Crippen molar-refractivity contribution in [2.45, 2.75) is 39.0 Å². The summed E-state index contributed by atoms with van der Waals surface area (Å²) in [5.74, 6) is 1.39. The third kappa shape index (κ3) is 4.31. The fraction of sp³-hybridized carbons (Fsp3) is 0.304. The first-order valence-electron chi connectivity index (χ1n) is 9.51. The average molecular weight is 377 g/mol. The highest BCUT2D eigenvalue weighted by atomic mass is 16.3. The number of nitrogens with one attached hydrogen (secondary N) is 1. The number of nitrogen functional groups attached to an aromatic ring is 1. The Kier molecular flexibility index (Phi) is 5.66. The highest BCUT2D eigenvalue weighted by molar-refractivity contribution is 5.74. The topological polar surface area (TPSA) is 84.1 Å². The molecule has 0 aliphatic carbocycles. The number of rotatable bonds is 6. The average Bonchev–Trinajstić information content (AvgIpc) is 2.69. The maximum absolute atomic E-state index is 9.52. The number of benzene rings is 2. The molecule has 5 nitrogen and oxygen atoms in total. The molecule has 3 rings (SSSR count). The standard InChI is InChI=1S/C23H28N4O/c1-15(2)16-7-11-19(12-8-16)26-22-25-13-20(21(24)27-22)17-5-9-18(10-6-17)23(3,4)14-28/h5-13,15,28H,14H2,1-4H3,(H3,24,25,26,27). The summed E-state index contributed by atoms with van der Waals surface area (Å²) >= 11 is 0. The molecule has 5 heteroatoms.